The van der Waals surface area contributed by atoms with Crippen molar-refractivity contribution < 1.29 is 14.0 Å². The molecule has 0 spiro atoms. The van der Waals surface area contributed by atoms with Gasteiger partial charge in [0.05, 0.1) is 10.6 Å². The van der Waals surface area contributed by atoms with Crippen molar-refractivity contribution in [3.05, 3.63) is 59.1 Å². The van der Waals surface area contributed by atoms with Gasteiger partial charge in [-0.3, -0.25) is 14.6 Å². The summed E-state index contributed by atoms with van der Waals surface area (Å²) in [5.41, 5.74) is 0.906. The molecule has 7 heteroatoms. The molecule has 2 aromatic rings. The van der Waals surface area contributed by atoms with E-state index in [0.717, 1.165) is 0 Å². The third kappa shape index (κ3) is 3.17. The minimum atomic E-state index is -0.619. The van der Waals surface area contributed by atoms with E-state index >= 15 is 0 Å². The zero-order chi connectivity index (χ0) is 16.4. The molecule has 2 heterocycles. The van der Waals surface area contributed by atoms with E-state index in [1.807, 2.05) is 0 Å². The SMILES string of the molecule is O=C(N[C@@H]1CCN(c2ccc(F)c(Cl)c2)C1=O)c1cccnc1. The van der Waals surface area contributed by atoms with E-state index in [9.17, 15) is 14.0 Å². The third-order valence-electron chi connectivity index (χ3n) is 3.65. The molecule has 1 fully saturated rings. The monoisotopic (exact) mass is 333 g/mol. The second-order valence-corrected chi connectivity index (χ2v) is 5.55. The molecule has 1 atom stereocenters. The Hall–Kier alpha value is -2.47. The standard InChI is InChI=1S/C16H13ClFN3O2/c17-12-8-11(3-4-13(12)18)21-7-5-14(16(21)23)20-15(22)10-2-1-6-19-9-10/h1-4,6,8-9,14H,5,7H2,(H,20,22)/t14-/m1/s1. The highest BCUT2D eigenvalue weighted by molar-refractivity contribution is 6.31. The number of hydrogen-bond acceptors (Lipinski definition) is 3. The quantitative estimate of drug-likeness (QED) is 0.938. The molecular weight excluding hydrogens is 321 g/mol. The summed E-state index contributed by atoms with van der Waals surface area (Å²) in [5, 5.41) is 2.65. The largest absolute Gasteiger partial charge is 0.340 e. The molecule has 0 radical (unpaired) electrons. The van der Waals surface area contributed by atoms with E-state index in [1.165, 1.54) is 29.3 Å². The lowest BCUT2D eigenvalue weighted by Crippen LogP contribution is -2.41. The number of halogens is 2. The third-order valence-corrected chi connectivity index (χ3v) is 3.94. The number of benzene rings is 1. The van der Waals surface area contributed by atoms with Gasteiger partial charge in [0.25, 0.3) is 5.91 Å². The van der Waals surface area contributed by atoms with Crippen molar-refractivity contribution in [2.75, 3.05) is 11.4 Å². The molecule has 1 aliphatic heterocycles. The Labute approximate surface area is 137 Å². The maximum absolute atomic E-state index is 13.2. The fraction of sp³-hybridized carbons (Fsp3) is 0.188. The first-order valence-electron chi connectivity index (χ1n) is 7.03. The molecule has 1 saturated heterocycles. The minimum absolute atomic E-state index is 0.0434. The van der Waals surface area contributed by atoms with Crippen molar-refractivity contribution in [2.24, 2.45) is 0 Å². The fourth-order valence-electron chi connectivity index (χ4n) is 2.46. The van der Waals surface area contributed by atoms with E-state index < -0.39 is 11.9 Å². The van der Waals surface area contributed by atoms with Crippen LogP contribution in [0.2, 0.25) is 5.02 Å². The predicted octanol–water partition coefficient (Wildman–Crippen LogP) is 2.41. The molecule has 5 nitrogen and oxygen atoms in total. The van der Waals surface area contributed by atoms with Crippen LogP contribution in [-0.2, 0) is 4.79 Å². The summed E-state index contributed by atoms with van der Waals surface area (Å²) in [5.74, 6) is -1.14. The number of rotatable bonds is 3. The zero-order valence-electron chi connectivity index (χ0n) is 12.0. The maximum atomic E-state index is 13.2. The number of amides is 2. The highest BCUT2D eigenvalue weighted by Crippen LogP contribution is 2.26. The van der Waals surface area contributed by atoms with Gasteiger partial charge in [0, 0.05) is 24.6 Å². The Morgan fingerprint density at radius 3 is 2.91 bits per heavy atom. The molecule has 3 rings (SSSR count). The van der Waals surface area contributed by atoms with Gasteiger partial charge >= 0.3 is 0 Å². The number of nitrogens with one attached hydrogen (secondary N) is 1. The number of nitrogens with zero attached hydrogens (tertiary/aromatic N) is 2. The molecule has 0 saturated carbocycles. The van der Waals surface area contributed by atoms with Crippen LogP contribution in [0.5, 0.6) is 0 Å². The van der Waals surface area contributed by atoms with Gasteiger partial charge in [-0.15, -0.1) is 0 Å². The number of pyridine rings is 1. The number of carbonyl (C=O) groups excluding carboxylic acids is 2. The van der Waals surface area contributed by atoms with Gasteiger partial charge < -0.3 is 10.2 Å². The van der Waals surface area contributed by atoms with Crippen LogP contribution in [0, 0.1) is 5.82 Å². The van der Waals surface area contributed by atoms with Gasteiger partial charge in [-0.05, 0) is 36.8 Å². The zero-order valence-corrected chi connectivity index (χ0v) is 12.8. The highest BCUT2D eigenvalue weighted by atomic mass is 35.5. The van der Waals surface area contributed by atoms with Crippen LogP contribution in [0.3, 0.4) is 0 Å². The maximum Gasteiger partial charge on any atom is 0.253 e. The van der Waals surface area contributed by atoms with Crippen LogP contribution in [0.4, 0.5) is 10.1 Å². The van der Waals surface area contributed by atoms with E-state index in [2.05, 4.69) is 10.3 Å². The fourth-order valence-corrected chi connectivity index (χ4v) is 2.64. The van der Waals surface area contributed by atoms with E-state index in [4.69, 9.17) is 11.6 Å². The Kier molecular flexibility index (Phi) is 4.25. The van der Waals surface area contributed by atoms with Crippen molar-refractivity contribution in [1.82, 2.24) is 10.3 Å². The van der Waals surface area contributed by atoms with Gasteiger partial charge in [0.1, 0.15) is 11.9 Å². The molecular formula is C16H13ClFN3O2. The van der Waals surface area contributed by atoms with Crippen LogP contribution in [0.15, 0.2) is 42.7 Å². The topological polar surface area (TPSA) is 62.3 Å². The summed E-state index contributed by atoms with van der Waals surface area (Å²) >= 11 is 5.75. The summed E-state index contributed by atoms with van der Waals surface area (Å²) in [6, 6.07) is 6.76. The Balaban J connectivity index is 1.71. The molecule has 0 aliphatic carbocycles. The second-order valence-electron chi connectivity index (χ2n) is 5.14. The Morgan fingerprint density at radius 1 is 1.39 bits per heavy atom. The molecule has 23 heavy (non-hydrogen) atoms. The highest BCUT2D eigenvalue weighted by Gasteiger charge is 2.34. The lowest BCUT2D eigenvalue weighted by molar-refractivity contribution is -0.118. The molecule has 1 N–H and O–H groups in total. The second kappa shape index (κ2) is 6.34. The number of aromatic nitrogens is 1. The van der Waals surface area contributed by atoms with Crippen molar-refractivity contribution >= 4 is 29.1 Å². The normalized spacial score (nSPS) is 17.4. The number of hydrogen-bond donors (Lipinski definition) is 1. The van der Waals surface area contributed by atoms with Crippen molar-refractivity contribution in [2.45, 2.75) is 12.5 Å². The van der Waals surface area contributed by atoms with E-state index in [0.29, 0.717) is 24.2 Å². The Bertz CT molecular complexity index is 754. The van der Waals surface area contributed by atoms with Crippen molar-refractivity contribution in [3.63, 3.8) is 0 Å². The van der Waals surface area contributed by atoms with E-state index in [-0.39, 0.29) is 16.8 Å². The average molecular weight is 334 g/mol. The van der Waals surface area contributed by atoms with Crippen LogP contribution < -0.4 is 10.2 Å². The van der Waals surface area contributed by atoms with Crippen LogP contribution >= 0.6 is 11.6 Å². The average Bonchev–Trinajstić information content (AvgIpc) is 2.92. The number of carbonyl (C=O) groups is 2. The van der Waals surface area contributed by atoms with Gasteiger partial charge in [-0.25, -0.2) is 4.39 Å². The lowest BCUT2D eigenvalue weighted by Gasteiger charge is -2.17. The minimum Gasteiger partial charge on any atom is -0.340 e. The molecule has 2 amide bonds. The first-order valence-corrected chi connectivity index (χ1v) is 7.41. The summed E-state index contributed by atoms with van der Waals surface area (Å²) in [6.07, 6.45) is 3.48. The van der Waals surface area contributed by atoms with Gasteiger partial charge in [0.15, 0.2) is 0 Å². The molecule has 0 bridgehead atoms. The summed E-state index contributed by atoms with van der Waals surface area (Å²) in [4.78, 5) is 29.9. The van der Waals surface area contributed by atoms with Crippen LogP contribution in [-0.4, -0.2) is 29.4 Å². The smallest absolute Gasteiger partial charge is 0.253 e. The molecule has 1 aliphatic rings. The van der Waals surface area contributed by atoms with Crippen LogP contribution in [0.1, 0.15) is 16.8 Å². The first-order chi connectivity index (χ1) is 11.1. The predicted molar refractivity (Wildman–Crippen MR) is 83.9 cm³/mol. The molecule has 0 unspecified atom stereocenters. The first kappa shape index (κ1) is 15.4. The van der Waals surface area contributed by atoms with Gasteiger partial charge in [-0.1, -0.05) is 11.6 Å². The summed E-state index contributed by atoms with van der Waals surface area (Å²) in [7, 11) is 0. The van der Waals surface area contributed by atoms with Crippen molar-refractivity contribution in [1.29, 1.82) is 0 Å². The summed E-state index contributed by atoms with van der Waals surface area (Å²) < 4.78 is 13.2. The van der Waals surface area contributed by atoms with Gasteiger partial charge in [0.2, 0.25) is 5.91 Å². The van der Waals surface area contributed by atoms with Gasteiger partial charge in [-0.2, -0.15) is 0 Å². The van der Waals surface area contributed by atoms with E-state index in [1.54, 1.807) is 18.3 Å². The Morgan fingerprint density at radius 2 is 2.22 bits per heavy atom. The molecule has 1 aromatic heterocycles. The molecule has 1 aromatic carbocycles. The lowest BCUT2D eigenvalue weighted by atomic mass is 10.2. The van der Waals surface area contributed by atoms with Crippen LogP contribution in [0.25, 0.3) is 0 Å². The molecule has 118 valence electrons. The van der Waals surface area contributed by atoms with Crippen molar-refractivity contribution in [3.8, 4) is 0 Å². The summed E-state index contributed by atoms with van der Waals surface area (Å²) in [6.45, 7) is 0.429. The number of anilines is 1.